The highest BCUT2D eigenvalue weighted by Gasteiger charge is 2.28. The Bertz CT molecular complexity index is 868. The molecular weight excluding hydrogens is 309 g/mol. The molecule has 6 heteroatoms. The van der Waals surface area contributed by atoms with E-state index in [0.717, 1.165) is 11.3 Å². The molecule has 2 heterocycles. The van der Waals surface area contributed by atoms with Crippen LogP contribution in [0.15, 0.2) is 61.2 Å². The topological polar surface area (TPSA) is 56.2 Å². The number of carbonyl (C=O) groups is 1. The maximum Gasteiger partial charge on any atom is 0.265 e. The summed E-state index contributed by atoms with van der Waals surface area (Å²) < 4.78 is 21.4. The minimum atomic E-state index is -0.598. The van der Waals surface area contributed by atoms with Gasteiger partial charge in [-0.15, -0.1) is 0 Å². The van der Waals surface area contributed by atoms with E-state index in [1.807, 2.05) is 24.3 Å². The molecular formula is C18H14FN3O2. The van der Waals surface area contributed by atoms with Gasteiger partial charge in [-0.1, -0.05) is 18.2 Å². The first-order valence-corrected chi connectivity index (χ1v) is 7.54. The number of para-hydroxylation sites is 1. The summed E-state index contributed by atoms with van der Waals surface area (Å²) in [6.07, 6.45) is 4.65. The lowest BCUT2D eigenvalue weighted by Gasteiger charge is -2.12. The number of halogens is 1. The minimum absolute atomic E-state index is 0.291. The molecule has 3 aromatic rings. The first kappa shape index (κ1) is 14.4. The summed E-state index contributed by atoms with van der Waals surface area (Å²) in [5.74, 6) is -0.0123. The van der Waals surface area contributed by atoms with E-state index in [0.29, 0.717) is 17.8 Å². The number of imidazole rings is 1. The van der Waals surface area contributed by atoms with Crippen LogP contribution in [0.3, 0.4) is 0 Å². The number of amides is 1. The second kappa shape index (κ2) is 5.81. The third-order valence-electron chi connectivity index (χ3n) is 3.94. The highest BCUT2D eigenvalue weighted by Crippen LogP contribution is 2.29. The third kappa shape index (κ3) is 2.62. The van der Waals surface area contributed by atoms with E-state index >= 15 is 0 Å². The van der Waals surface area contributed by atoms with Crippen molar-refractivity contribution in [1.82, 2.24) is 9.55 Å². The maximum absolute atomic E-state index is 14.2. The molecule has 1 aliphatic heterocycles. The molecule has 0 fully saturated rings. The summed E-state index contributed by atoms with van der Waals surface area (Å²) in [6.45, 7) is 0. The predicted molar refractivity (Wildman–Crippen MR) is 86.7 cm³/mol. The lowest BCUT2D eigenvalue weighted by molar-refractivity contribution is -0.122. The SMILES string of the molecule is O=C(Nc1ccc(-n2ccnc2)c(F)c1)[C@H]1Cc2ccccc2O1. The first-order valence-electron chi connectivity index (χ1n) is 7.54. The van der Waals surface area contributed by atoms with Crippen LogP contribution in [0.5, 0.6) is 5.75 Å². The molecule has 2 aromatic carbocycles. The van der Waals surface area contributed by atoms with Crippen LogP contribution in [0.4, 0.5) is 10.1 Å². The number of anilines is 1. The van der Waals surface area contributed by atoms with E-state index in [-0.39, 0.29) is 5.91 Å². The largest absolute Gasteiger partial charge is 0.480 e. The van der Waals surface area contributed by atoms with Crippen LogP contribution in [-0.4, -0.2) is 21.6 Å². The summed E-state index contributed by atoms with van der Waals surface area (Å²) >= 11 is 0. The van der Waals surface area contributed by atoms with Crippen LogP contribution in [-0.2, 0) is 11.2 Å². The zero-order valence-electron chi connectivity index (χ0n) is 12.6. The molecule has 1 atom stereocenters. The quantitative estimate of drug-likeness (QED) is 0.806. The number of nitrogens with one attached hydrogen (secondary N) is 1. The Morgan fingerprint density at radius 2 is 2.17 bits per heavy atom. The van der Waals surface area contributed by atoms with Gasteiger partial charge in [0.05, 0.1) is 12.0 Å². The van der Waals surface area contributed by atoms with E-state index in [1.165, 1.54) is 12.4 Å². The first-order chi connectivity index (χ1) is 11.7. The monoisotopic (exact) mass is 323 g/mol. The molecule has 0 saturated heterocycles. The smallest absolute Gasteiger partial charge is 0.265 e. The number of aromatic nitrogens is 2. The molecule has 1 amide bonds. The molecule has 4 rings (SSSR count). The highest BCUT2D eigenvalue weighted by molar-refractivity contribution is 5.95. The second-order valence-corrected chi connectivity index (χ2v) is 5.54. The van der Waals surface area contributed by atoms with Gasteiger partial charge in [-0.25, -0.2) is 9.37 Å². The van der Waals surface area contributed by atoms with Gasteiger partial charge in [0, 0.05) is 24.5 Å². The van der Waals surface area contributed by atoms with Gasteiger partial charge in [0.1, 0.15) is 11.6 Å². The van der Waals surface area contributed by atoms with Crippen LogP contribution in [0.1, 0.15) is 5.56 Å². The molecule has 120 valence electrons. The van der Waals surface area contributed by atoms with Crippen molar-refractivity contribution in [2.24, 2.45) is 0 Å². The molecule has 5 nitrogen and oxygen atoms in total. The summed E-state index contributed by atoms with van der Waals surface area (Å²) in [5.41, 5.74) is 1.76. The number of rotatable bonds is 3. The molecule has 1 N–H and O–H groups in total. The van der Waals surface area contributed by atoms with Crippen molar-refractivity contribution in [2.45, 2.75) is 12.5 Å². The van der Waals surface area contributed by atoms with Crippen molar-refractivity contribution < 1.29 is 13.9 Å². The van der Waals surface area contributed by atoms with Gasteiger partial charge in [-0.3, -0.25) is 4.79 Å². The summed E-state index contributed by atoms with van der Waals surface area (Å²) in [6, 6.07) is 12.1. The van der Waals surface area contributed by atoms with Gasteiger partial charge in [0.15, 0.2) is 6.10 Å². The number of benzene rings is 2. The Balaban J connectivity index is 1.48. The molecule has 24 heavy (non-hydrogen) atoms. The standard InChI is InChI=1S/C18H14FN3O2/c19-14-10-13(5-6-15(14)22-8-7-20-11-22)21-18(23)17-9-12-3-1-2-4-16(12)24-17/h1-8,10-11,17H,9H2,(H,21,23)/t17-/m1/s1. The number of hydrogen-bond donors (Lipinski definition) is 1. The van der Waals surface area contributed by atoms with Crippen molar-refractivity contribution in [2.75, 3.05) is 5.32 Å². The van der Waals surface area contributed by atoms with Crippen molar-refractivity contribution in [1.29, 1.82) is 0 Å². The van der Waals surface area contributed by atoms with Crippen molar-refractivity contribution in [3.63, 3.8) is 0 Å². The van der Waals surface area contributed by atoms with E-state index in [1.54, 1.807) is 29.1 Å². The molecule has 1 aromatic heterocycles. The lowest BCUT2D eigenvalue weighted by Crippen LogP contribution is -2.31. The molecule has 0 unspecified atom stereocenters. The lowest BCUT2D eigenvalue weighted by atomic mass is 10.1. The highest BCUT2D eigenvalue weighted by atomic mass is 19.1. The summed E-state index contributed by atoms with van der Waals surface area (Å²) in [5, 5.41) is 2.70. The number of fused-ring (bicyclic) bond motifs is 1. The number of nitrogens with zero attached hydrogens (tertiary/aromatic N) is 2. The van der Waals surface area contributed by atoms with Gasteiger partial charge in [0.2, 0.25) is 0 Å². The van der Waals surface area contributed by atoms with Crippen LogP contribution in [0, 0.1) is 5.82 Å². The van der Waals surface area contributed by atoms with Gasteiger partial charge in [0.25, 0.3) is 5.91 Å². The number of carbonyl (C=O) groups excluding carboxylic acids is 1. The van der Waals surface area contributed by atoms with Crippen molar-refractivity contribution >= 4 is 11.6 Å². The van der Waals surface area contributed by atoms with E-state index in [2.05, 4.69) is 10.3 Å². The molecule has 0 radical (unpaired) electrons. The summed E-state index contributed by atoms with van der Waals surface area (Å²) in [7, 11) is 0. The Morgan fingerprint density at radius 3 is 2.92 bits per heavy atom. The fraction of sp³-hybridized carbons (Fsp3) is 0.111. The Hall–Kier alpha value is -3.15. The second-order valence-electron chi connectivity index (χ2n) is 5.54. The van der Waals surface area contributed by atoms with E-state index in [4.69, 9.17) is 4.74 Å². The fourth-order valence-electron chi connectivity index (χ4n) is 2.75. The average Bonchev–Trinajstić information content (AvgIpc) is 3.24. The Kier molecular flexibility index (Phi) is 3.49. The maximum atomic E-state index is 14.2. The zero-order valence-corrected chi connectivity index (χ0v) is 12.6. The molecule has 1 aliphatic rings. The molecule has 0 bridgehead atoms. The van der Waals surface area contributed by atoms with Crippen LogP contribution in [0.2, 0.25) is 0 Å². The van der Waals surface area contributed by atoms with Gasteiger partial charge in [-0.05, 0) is 29.8 Å². The van der Waals surface area contributed by atoms with E-state index < -0.39 is 11.9 Å². The zero-order chi connectivity index (χ0) is 16.5. The van der Waals surface area contributed by atoms with Crippen LogP contribution in [0.25, 0.3) is 5.69 Å². The van der Waals surface area contributed by atoms with Crippen LogP contribution < -0.4 is 10.1 Å². The van der Waals surface area contributed by atoms with E-state index in [9.17, 15) is 9.18 Å². The van der Waals surface area contributed by atoms with Crippen molar-refractivity contribution in [3.8, 4) is 11.4 Å². The van der Waals surface area contributed by atoms with Crippen molar-refractivity contribution in [3.05, 3.63) is 72.6 Å². The normalized spacial score (nSPS) is 15.6. The minimum Gasteiger partial charge on any atom is -0.480 e. The van der Waals surface area contributed by atoms with Gasteiger partial charge >= 0.3 is 0 Å². The predicted octanol–water partition coefficient (Wildman–Crippen LogP) is 2.95. The molecule has 0 aliphatic carbocycles. The number of hydrogen-bond acceptors (Lipinski definition) is 3. The Morgan fingerprint density at radius 1 is 1.29 bits per heavy atom. The third-order valence-corrected chi connectivity index (χ3v) is 3.94. The van der Waals surface area contributed by atoms with Gasteiger partial charge < -0.3 is 14.6 Å². The van der Waals surface area contributed by atoms with Gasteiger partial charge in [-0.2, -0.15) is 0 Å². The Labute approximate surface area is 137 Å². The molecule has 0 spiro atoms. The van der Waals surface area contributed by atoms with Crippen LogP contribution >= 0.6 is 0 Å². The average molecular weight is 323 g/mol. The summed E-state index contributed by atoms with van der Waals surface area (Å²) in [4.78, 5) is 16.2. The molecule has 0 saturated carbocycles. The number of ether oxygens (including phenoxy) is 1. The fourth-order valence-corrected chi connectivity index (χ4v) is 2.75.